The van der Waals surface area contributed by atoms with Gasteiger partial charge in [-0.2, -0.15) is 0 Å². The van der Waals surface area contributed by atoms with Gasteiger partial charge in [0.1, 0.15) is 5.82 Å². The number of thiazole rings is 1. The largest absolute Gasteiger partial charge is 0.326 e. The summed E-state index contributed by atoms with van der Waals surface area (Å²) in [7, 11) is 0. The van der Waals surface area contributed by atoms with E-state index < -0.39 is 11.4 Å². The maximum absolute atomic E-state index is 14.3. The summed E-state index contributed by atoms with van der Waals surface area (Å²) in [6.45, 7) is 1.36. The molecule has 26 heavy (non-hydrogen) atoms. The van der Waals surface area contributed by atoms with E-state index in [2.05, 4.69) is 15.6 Å². The summed E-state index contributed by atoms with van der Waals surface area (Å²) < 4.78 is 14.3. The lowest BCUT2D eigenvalue weighted by Crippen LogP contribution is -2.48. The SMILES string of the molecule is CC(=O)Nc1ccc(-c2csc(NC(=O)C3(N)CCCC3)n2)c(F)c1.Cl. The van der Waals surface area contributed by atoms with Gasteiger partial charge in [-0.25, -0.2) is 9.37 Å². The molecule has 0 spiro atoms. The van der Waals surface area contributed by atoms with Crippen LogP contribution >= 0.6 is 23.7 Å². The fourth-order valence-corrected chi connectivity index (χ4v) is 3.62. The molecule has 3 rings (SSSR count). The third-order valence-electron chi connectivity index (χ3n) is 4.24. The van der Waals surface area contributed by atoms with Crippen molar-refractivity contribution in [3.05, 3.63) is 29.4 Å². The summed E-state index contributed by atoms with van der Waals surface area (Å²) in [6, 6.07) is 4.38. The highest BCUT2D eigenvalue weighted by molar-refractivity contribution is 7.14. The Kier molecular flexibility index (Phi) is 6.33. The molecule has 1 heterocycles. The van der Waals surface area contributed by atoms with Gasteiger partial charge in [0.2, 0.25) is 11.8 Å². The number of hydrogen-bond acceptors (Lipinski definition) is 5. The molecule has 0 radical (unpaired) electrons. The molecule has 2 amide bonds. The number of amides is 2. The maximum atomic E-state index is 14.3. The van der Waals surface area contributed by atoms with Crippen molar-refractivity contribution in [3.8, 4) is 11.3 Å². The molecule has 1 aliphatic carbocycles. The zero-order valence-electron chi connectivity index (χ0n) is 14.2. The van der Waals surface area contributed by atoms with Crippen molar-refractivity contribution in [2.75, 3.05) is 10.6 Å². The number of nitrogens with zero attached hydrogens (tertiary/aromatic N) is 1. The Bertz CT molecular complexity index is 821. The number of carbonyl (C=O) groups excluding carboxylic acids is 2. The van der Waals surface area contributed by atoms with Crippen LogP contribution in [0.1, 0.15) is 32.6 Å². The van der Waals surface area contributed by atoms with E-state index in [0.29, 0.717) is 34.9 Å². The van der Waals surface area contributed by atoms with Gasteiger partial charge in [-0.15, -0.1) is 23.7 Å². The number of rotatable bonds is 4. The second kappa shape index (κ2) is 8.11. The monoisotopic (exact) mass is 398 g/mol. The van der Waals surface area contributed by atoms with Crippen LogP contribution in [0.15, 0.2) is 23.6 Å². The molecule has 1 fully saturated rings. The minimum Gasteiger partial charge on any atom is -0.326 e. The molecule has 1 aromatic carbocycles. The van der Waals surface area contributed by atoms with Crippen molar-refractivity contribution in [2.24, 2.45) is 5.73 Å². The quantitative estimate of drug-likeness (QED) is 0.733. The van der Waals surface area contributed by atoms with Crippen LogP contribution in [0, 0.1) is 5.82 Å². The first-order chi connectivity index (χ1) is 11.9. The normalized spacial score (nSPS) is 15.2. The first-order valence-electron chi connectivity index (χ1n) is 8.01. The average molecular weight is 399 g/mol. The van der Waals surface area contributed by atoms with Crippen LogP contribution in [-0.2, 0) is 9.59 Å². The minimum atomic E-state index is -0.836. The fourth-order valence-electron chi connectivity index (χ4n) is 2.91. The van der Waals surface area contributed by atoms with E-state index in [1.54, 1.807) is 17.5 Å². The van der Waals surface area contributed by atoms with Crippen molar-refractivity contribution in [3.63, 3.8) is 0 Å². The Balaban J connectivity index is 0.00000243. The first kappa shape index (κ1) is 20.3. The van der Waals surface area contributed by atoms with Crippen molar-refractivity contribution in [1.29, 1.82) is 0 Å². The number of carbonyl (C=O) groups is 2. The molecule has 140 valence electrons. The summed E-state index contributed by atoms with van der Waals surface area (Å²) in [6.07, 6.45) is 3.21. The van der Waals surface area contributed by atoms with Crippen LogP contribution in [0.4, 0.5) is 15.2 Å². The minimum absolute atomic E-state index is 0. The predicted molar refractivity (Wildman–Crippen MR) is 103 cm³/mol. The van der Waals surface area contributed by atoms with Crippen LogP contribution in [-0.4, -0.2) is 22.3 Å². The Morgan fingerprint density at radius 2 is 1.96 bits per heavy atom. The first-order valence-corrected chi connectivity index (χ1v) is 8.89. The van der Waals surface area contributed by atoms with E-state index in [1.165, 1.54) is 24.3 Å². The van der Waals surface area contributed by atoms with Gasteiger partial charge in [-0.3, -0.25) is 9.59 Å². The topological polar surface area (TPSA) is 97.1 Å². The molecule has 4 N–H and O–H groups in total. The van der Waals surface area contributed by atoms with E-state index in [4.69, 9.17) is 5.73 Å². The molecule has 0 unspecified atom stereocenters. The van der Waals surface area contributed by atoms with Gasteiger partial charge in [0.25, 0.3) is 0 Å². The lowest BCUT2D eigenvalue weighted by atomic mass is 9.98. The molecule has 1 saturated carbocycles. The van der Waals surface area contributed by atoms with E-state index in [9.17, 15) is 14.0 Å². The van der Waals surface area contributed by atoms with Crippen LogP contribution in [0.5, 0.6) is 0 Å². The summed E-state index contributed by atoms with van der Waals surface area (Å²) in [4.78, 5) is 27.6. The van der Waals surface area contributed by atoms with Gasteiger partial charge in [-0.05, 0) is 31.0 Å². The molecule has 0 saturated heterocycles. The van der Waals surface area contributed by atoms with E-state index in [1.807, 2.05) is 0 Å². The van der Waals surface area contributed by atoms with Gasteiger partial charge >= 0.3 is 0 Å². The molecule has 0 bridgehead atoms. The highest BCUT2D eigenvalue weighted by atomic mass is 35.5. The predicted octanol–water partition coefficient (Wildman–Crippen LogP) is 3.54. The lowest BCUT2D eigenvalue weighted by molar-refractivity contribution is -0.121. The molecule has 6 nitrogen and oxygen atoms in total. The zero-order chi connectivity index (χ0) is 18.0. The van der Waals surface area contributed by atoms with Gasteiger partial charge in [0.05, 0.1) is 11.2 Å². The Labute approximate surface area is 160 Å². The number of hydrogen-bond donors (Lipinski definition) is 3. The van der Waals surface area contributed by atoms with Crippen molar-refractivity contribution in [1.82, 2.24) is 4.98 Å². The maximum Gasteiger partial charge on any atom is 0.246 e. The molecule has 0 aliphatic heterocycles. The van der Waals surface area contributed by atoms with Crippen molar-refractivity contribution < 1.29 is 14.0 Å². The highest BCUT2D eigenvalue weighted by Crippen LogP contribution is 2.31. The number of halogens is 2. The van der Waals surface area contributed by atoms with Gasteiger partial charge in [-0.1, -0.05) is 12.8 Å². The Hall–Kier alpha value is -2.03. The smallest absolute Gasteiger partial charge is 0.246 e. The van der Waals surface area contributed by atoms with Crippen LogP contribution in [0.2, 0.25) is 0 Å². The summed E-state index contributed by atoms with van der Waals surface area (Å²) in [5.41, 5.74) is 6.38. The number of aromatic nitrogens is 1. The van der Waals surface area contributed by atoms with E-state index in [0.717, 1.165) is 12.8 Å². The Morgan fingerprint density at radius 1 is 1.27 bits per heavy atom. The summed E-state index contributed by atoms with van der Waals surface area (Å²) in [5.74, 6) is -1.01. The van der Waals surface area contributed by atoms with Crippen LogP contribution in [0.25, 0.3) is 11.3 Å². The molecule has 0 atom stereocenters. The third kappa shape index (κ3) is 4.38. The zero-order valence-corrected chi connectivity index (χ0v) is 15.8. The number of benzene rings is 1. The molecular formula is C17H20ClFN4O2S. The molecule has 1 aromatic heterocycles. The summed E-state index contributed by atoms with van der Waals surface area (Å²) >= 11 is 1.22. The molecular weight excluding hydrogens is 379 g/mol. The number of anilines is 2. The van der Waals surface area contributed by atoms with Gasteiger partial charge in [0, 0.05) is 23.6 Å². The fraction of sp³-hybridized carbons (Fsp3) is 0.353. The molecule has 9 heteroatoms. The summed E-state index contributed by atoms with van der Waals surface area (Å²) in [5, 5.41) is 7.32. The number of nitrogens with two attached hydrogens (primary N) is 1. The second-order valence-electron chi connectivity index (χ2n) is 6.23. The van der Waals surface area contributed by atoms with E-state index in [-0.39, 0.29) is 24.2 Å². The molecule has 1 aliphatic rings. The average Bonchev–Trinajstić information content (AvgIpc) is 3.17. The Morgan fingerprint density at radius 3 is 2.58 bits per heavy atom. The van der Waals surface area contributed by atoms with Crippen molar-refractivity contribution in [2.45, 2.75) is 38.1 Å². The standard InChI is InChI=1S/C17H19FN4O2S.ClH/c1-10(23)20-11-4-5-12(13(18)8-11)14-9-25-16(21-14)22-15(24)17(19)6-2-3-7-17;/h4-5,8-9H,2-3,6-7,19H2,1H3,(H,20,23)(H,21,22,24);1H. The van der Waals surface area contributed by atoms with Gasteiger partial charge < -0.3 is 16.4 Å². The van der Waals surface area contributed by atoms with Crippen molar-refractivity contribution >= 4 is 46.4 Å². The lowest BCUT2D eigenvalue weighted by Gasteiger charge is -2.21. The van der Waals surface area contributed by atoms with E-state index >= 15 is 0 Å². The van der Waals surface area contributed by atoms with Crippen LogP contribution in [0.3, 0.4) is 0 Å². The second-order valence-corrected chi connectivity index (χ2v) is 7.09. The molecule has 2 aromatic rings. The highest BCUT2D eigenvalue weighted by Gasteiger charge is 2.37. The third-order valence-corrected chi connectivity index (χ3v) is 5.00. The van der Waals surface area contributed by atoms with Gasteiger partial charge in [0.15, 0.2) is 5.13 Å². The van der Waals surface area contributed by atoms with Crippen LogP contribution < -0.4 is 16.4 Å². The number of nitrogens with one attached hydrogen (secondary N) is 2.